The molecule has 0 spiro atoms. The third-order valence-electron chi connectivity index (χ3n) is 5.54. The SMILES string of the molecule is Nc1ncnc2c1c(-c1cc3cccnc3[nH]1)nn2[C@H]1CC[C@@H](NC(=O)O)CC1. The average molecular weight is 392 g/mol. The van der Waals surface area contributed by atoms with Gasteiger partial charge in [0.25, 0.3) is 0 Å². The number of fused-ring (bicyclic) bond motifs is 2. The smallest absolute Gasteiger partial charge is 0.404 e. The summed E-state index contributed by atoms with van der Waals surface area (Å²) < 4.78 is 1.92. The highest BCUT2D eigenvalue weighted by Crippen LogP contribution is 2.36. The molecule has 1 aliphatic rings. The normalized spacial score (nSPS) is 19.6. The summed E-state index contributed by atoms with van der Waals surface area (Å²) in [4.78, 5) is 27.2. The first-order valence-corrected chi connectivity index (χ1v) is 9.52. The Balaban J connectivity index is 1.56. The van der Waals surface area contributed by atoms with Gasteiger partial charge in [0.15, 0.2) is 5.65 Å². The second-order valence-electron chi connectivity index (χ2n) is 7.33. The molecule has 1 saturated carbocycles. The van der Waals surface area contributed by atoms with Gasteiger partial charge in [-0.1, -0.05) is 0 Å². The first-order chi connectivity index (χ1) is 14.1. The van der Waals surface area contributed by atoms with E-state index in [1.165, 1.54) is 6.33 Å². The van der Waals surface area contributed by atoms with E-state index in [1.54, 1.807) is 6.20 Å². The lowest BCUT2D eigenvalue weighted by molar-refractivity contribution is 0.182. The van der Waals surface area contributed by atoms with Crippen LogP contribution in [0.15, 0.2) is 30.7 Å². The maximum atomic E-state index is 10.9. The number of carbonyl (C=O) groups is 1. The highest BCUT2D eigenvalue weighted by atomic mass is 16.4. The number of pyridine rings is 1. The maximum Gasteiger partial charge on any atom is 0.404 e. The van der Waals surface area contributed by atoms with Crippen LogP contribution in [0.5, 0.6) is 0 Å². The average Bonchev–Trinajstić information content (AvgIpc) is 3.30. The number of rotatable bonds is 3. The molecular formula is C19H20N8O2. The highest BCUT2D eigenvalue weighted by molar-refractivity contribution is 5.99. The van der Waals surface area contributed by atoms with Gasteiger partial charge >= 0.3 is 6.09 Å². The Bertz CT molecular complexity index is 1170. The molecule has 4 heterocycles. The zero-order valence-corrected chi connectivity index (χ0v) is 15.5. The van der Waals surface area contributed by atoms with Gasteiger partial charge in [-0.3, -0.25) is 0 Å². The minimum Gasteiger partial charge on any atom is -0.465 e. The molecule has 5 N–H and O–H groups in total. The van der Waals surface area contributed by atoms with Crippen LogP contribution in [-0.2, 0) is 0 Å². The molecule has 1 fully saturated rings. The molecule has 0 aliphatic heterocycles. The van der Waals surface area contributed by atoms with Crippen LogP contribution < -0.4 is 11.1 Å². The van der Waals surface area contributed by atoms with Gasteiger partial charge in [0, 0.05) is 17.6 Å². The van der Waals surface area contributed by atoms with Gasteiger partial charge in [-0.05, 0) is 43.9 Å². The first kappa shape index (κ1) is 17.4. The molecule has 148 valence electrons. The van der Waals surface area contributed by atoms with E-state index in [2.05, 4.69) is 25.3 Å². The number of nitrogens with two attached hydrogens (primary N) is 1. The van der Waals surface area contributed by atoms with Crippen molar-refractivity contribution >= 4 is 34.0 Å². The van der Waals surface area contributed by atoms with E-state index in [4.69, 9.17) is 15.9 Å². The van der Waals surface area contributed by atoms with Crippen LogP contribution >= 0.6 is 0 Å². The van der Waals surface area contributed by atoms with Crippen molar-refractivity contribution in [3.05, 3.63) is 30.7 Å². The van der Waals surface area contributed by atoms with E-state index < -0.39 is 6.09 Å². The fraction of sp³-hybridized carbons (Fsp3) is 0.316. The Labute approximate surface area is 165 Å². The van der Waals surface area contributed by atoms with E-state index in [-0.39, 0.29) is 12.1 Å². The Morgan fingerprint density at radius 1 is 1.24 bits per heavy atom. The van der Waals surface area contributed by atoms with Crippen molar-refractivity contribution in [3.8, 4) is 11.4 Å². The Morgan fingerprint density at radius 3 is 2.83 bits per heavy atom. The number of H-pyrrole nitrogens is 1. The van der Waals surface area contributed by atoms with Gasteiger partial charge in [-0.15, -0.1) is 0 Å². The number of anilines is 1. The zero-order chi connectivity index (χ0) is 20.0. The number of amides is 1. The summed E-state index contributed by atoms with van der Waals surface area (Å²) in [5, 5.41) is 18.1. The van der Waals surface area contributed by atoms with Crippen LogP contribution in [0.3, 0.4) is 0 Å². The van der Waals surface area contributed by atoms with E-state index in [0.717, 1.165) is 42.4 Å². The molecule has 0 aromatic carbocycles. The topological polar surface area (TPSA) is 148 Å². The van der Waals surface area contributed by atoms with Crippen LogP contribution in [0.2, 0.25) is 0 Å². The lowest BCUT2D eigenvalue weighted by Crippen LogP contribution is -2.37. The molecule has 0 unspecified atom stereocenters. The lowest BCUT2D eigenvalue weighted by Gasteiger charge is -2.28. The second-order valence-corrected chi connectivity index (χ2v) is 7.33. The Kier molecular flexibility index (Phi) is 4.04. The van der Waals surface area contributed by atoms with Crippen LogP contribution in [0.25, 0.3) is 33.5 Å². The maximum absolute atomic E-state index is 10.9. The van der Waals surface area contributed by atoms with Gasteiger partial charge in [-0.2, -0.15) is 5.10 Å². The van der Waals surface area contributed by atoms with Gasteiger partial charge in [-0.25, -0.2) is 24.4 Å². The molecule has 10 heteroatoms. The monoisotopic (exact) mass is 392 g/mol. The third kappa shape index (κ3) is 3.02. The van der Waals surface area contributed by atoms with Crippen molar-refractivity contribution in [2.24, 2.45) is 0 Å². The van der Waals surface area contributed by atoms with Crippen LogP contribution in [0, 0.1) is 0 Å². The molecule has 0 radical (unpaired) electrons. The third-order valence-corrected chi connectivity index (χ3v) is 5.54. The standard InChI is InChI=1S/C19H20N8O2/c20-16-14-15(13-8-10-2-1-7-21-17(10)25-13)26-27(18(14)23-9-22-16)12-5-3-11(4-6-12)24-19(28)29/h1-2,7-9,11-12,24H,3-6H2,(H,21,25)(H,28,29)(H2,20,22,23)/t11-,12+. The van der Waals surface area contributed by atoms with Crippen molar-refractivity contribution in [2.45, 2.75) is 37.8 Å². The van der Waals surface area contributed by atoms with Crippen LogP contribution in [-0.4, -0.2) is 47.0 Å². The molecule has 1 aliphatic carbocycles. The Hall–Kier alpha value is -3.69. The van der Waals surface area contributed by atoms with E-state index >= 15 is 0 Å². The molecule has 29 heavy (non-hydrogen) atoms. The lowest BCUT2D eigenvalue weighted by atomic mass is 9.91. The van der Waals surface area contributed by atoms with Crippen molar-refractivity contribution < 1.29 is 9.90 Å². The summed E-state index contributed by atoms with van der Waals surface area (Å²) >= 11 is 0. The van der Waals surface area contributed by atoms with Crippen molar-refractivity contribution in [1.82, 2.24) is 35.0 Å². The van der Waals surface area contributed by atoms with Crippen LogP contribution in [0.4, 0.5) is 10.6 Å². The summed E-state index contributed by atoms with van der Waals surface area (Å²) in [7, 11) is 0. The van der Waals surface area contributed by atoms with Gasteiger partial charge in [0.1, 0.15) is 23.5 Å². The highest BCUT2D eigenvalue weighted by Gasteiger charge is 2.28. The number of aromatic nitrogens is 6. The number of nitrogen functional groups attached to an aromatic ring is 1. The number of nitrogens with one attached hydrogen (secondary N) is 2. The summed E-state index contributed by atoms with van der Waals surface area (Å²) in [6.07, 6.45) is 5.33. The van der Waals surface area contributed by atoms with Crippen LogP contribution in [0.1, 0.15) is 31.7 Å². The summed E-state index contributed by atoms with van der Waals surface area (Å²) in [5.74, 6) is 0.379. The number of hydrogen-bond donors (Lipinski definition) is 4. The van der Waals surface area contributed by atoms with Crippen molar-refractivity contribution in [3.63, 3.8) is 0 Å². The molecule has 10 nitrogen and oxygen atoms in total. The summed E-state index contributed by atoms with van der Waals surface area (Å²) in [6, 6.07) is 5.96. The molecule has 4 aromatic heterocycles. The molecule has 1 amide bonds. The minimum absolute atomic E-state index is 0.0236. The fourth-order valence-corrected chi connectivity index (χ4v) is 4.16. The number of carboxylic acid groups (broad SMARTS) is 1. The van der Waals surface area contributed by atoms with E-state index in [1.807, 2.05) is 22.9 Å². The second kappa shape index (κ2) is 6.73. The minimum atomic E-state index is -0.979. The predicted octanol–water partition coefficient (Wildman–Crippen LogP) is 2.70. The first-order valence-electron chi connectivity index (χ1n) is 9.52. The summed E-state index contributed by atoms with van der Waals surface area (Å²) in [6.45, 7) is 0. The summed E-state index contributed by atoms with van der Waals surface area (Å²) in [5.41, 5.74) is 9.17. The largest absolute Gasteiger partial charge is 0.465 e. The molecular weight excluding hydrogens is 372 g/mol. The number of hydrogen-bond acceptors (Lipinski definition) is 6. The van der Waals surface area contributed by atoms with Crippen molar-refractivity contribution in [1.29, 1.82) is 0 Å². The van der Waals surface area contributed by atoms with Gasteiger partial charge in [0.05, 0.1) is 17.1 Å². The number of nitrogens with zero attached hydrogens (tertiary/aromatic N) is 5. The van der Waals surface area contributed by atoms with E-state index in [0.29, 0.717) is 22.5 Å². The molecule has 5 rings (SSSR count). The Morgan fingerprint density at radius 2 is 2.07 bits per heavy atom. The molecule has 0 atom stereocenters. The quantitative estimate of drug-likeness (QED) is 0.419. The van der Waals surface area contributed by atoms with Gasteiger partial charge in [0.2, 0.25) is 0 Å². The fourth-order valence-electron chi connectivity index (χ4n) is 4.16. The molecule has 0 saturated heterocycles. The van der Waals surface area contributed by atoms with Crippen molar-refractivity contribution in [2.75, 3.05) is 5.73 Å². The zero-order valence-electron chi connectivity index (χ0n) is 15.5. The van der Waals surface area contributed by atoms with E-state index in [9.17, 15) is 4.79 Å². The van der Waals surface area contributed by atoms with Gasteiger partial charge < -0.3 is 21.1 Å². The predicted molar refractivity (Wildman–Crippen MR) is 107 cm³/mol. The number of aromatic amines is 1. The molecule has 4 aromatic rings. The molecule has 0 bridgehead atoms.